The molecule has 0 aliphatic carbocycles. The second-order valence-corrected chi connectivity index (χ2v) is 5.21. The van der Waals surface area contributed by atoms with Crippen LogP contribution in [0, 0.1) is 5.92 Å². The van der Waals surface area contributed by atoms with E-state index in [4.69, 9.17) is 4.42 Å². The van der Waals surface area contributed by atoms with Gasteiger partial charge in [0.15, 0.2) is 5.58 Å². The van der Waals surface area contributed by atoms with E-state index in [1.165, 1.54) is 32.4 Å². The van der Waals surface area contributed by atoms with Crippen molar-refractivity contribution in [1.82, 2.24) is 15.6 Å². The highest BCUT2D eigenvalue weighted by molar-refractivity contribution is 5.95. The number of amides is 1. The number of nitrogens with one attached hydrogen (secondary N) is 2. The van der Waals surface area contributed by atoms with Crippen molar-refractivity contribution in [1.29, 1.82) is 0 Å². The quantitative estimate of drug-likeness (QED) is 0.891. The minimum Gasteiger partial charge on any atom is -0.463 e. The summed E-state index contributed by atoms with van der Waals surface area (Å²) in [6, 6.07) is 3.49. The predicted octanol–water partition coefficient (Wildman–Crippen LogP) is 2.58. The van der Waals surface area contributed by atoms with Crippen LogP contribution in [0.15, 0.2) is 29.0 Å². The van der Waals surface area contributed by atoms with Crippen molar-refractivity contribution in [3.8, 4) is 0 Å². The summed E-state index contributed by atoms with van der Waals surface area (Å²) in [5.41, 5.74) is 1.09. The highest BCUT2D eigenvalue weighted by atomic mass is 16.3. The first-order valence-corrected chi connectivity index (χ1v) is 7.50. The Morgan fingerprint density at radius 3 is 2.86 bits per heavy atom. The number of hydrogen-bond donors (Lipinski definition) is 2. The van der Waals surface area contributed by atoms with Crippen LogP contribution in [-0.4, -0.2) is 31.0 Å². The van der Waals surface area contributed by atoms with Crippen LogP contribution < -0.4 is 10.6 Å². The van der Waals surface area contributed by atoms with E-state index in [-0.39, 0.29) is 5.91 Å². The largest absolute Gasteiger partial charge is 0.463 e. The van der Waals surface area contributed by atoms with E-state index >= 15 is 0 Å². The Labute approximate surface area is 125 Å². The highest BCUT2D eigenvalue weighted by Gasteiger charge is 2.09. The van der Waals surface area contributed by atoms with Crippen molar-refractivity contribution in [2.24, 2.45) is 5.92 Å². The monoisotopic (exact) mass is 289 g/mol. The predicted molar refractivity (Wildman–Crippen MR) is 83.3 cm³/mol. The molecular weight excluding hydrogens is 266 g/mol. The fraction of sp³-hybridized carbons (Fsp3) is 0.500. The van der Waals surface area contributed by atoms with E-state index < -0.39 is 0 Å². The number of aromatic nitrogens is 1. The van der Waals surface area contributed by atoms with E-state index in [0.29, 0.717) is 11.3 Å². The summed E-state index contributed by atoms with van der Waals surface area (Å²) >= 11 is 0. The van der Waals surface area contributed by atoms with Crippen molar-refractivity contribution in [2.45, 2.75) is 26.2 Å². The van der Waals surface area contributed by atoms with Crippen molar-refractivity contribution in [2.75, 3.05) is 20.1 Å². The third-order valence-corrected chi connectivity index (χ3v) is 3.84. The van der Waals surface area contributed by atoms with Gasteiger partial charge in [-0.25, -0.2) is 4.98 Å². The lowest BCUT2D eigenvalue weighted by molar-refractivity contribution is 0.0958. The lowest BCUT2D eigenvalue weighted by Gasteiger charge is -2.20. The molecule has 1 amide bonds. The Morgan fingerprint density at radius 2 is 2.24 bits per heavy atom. The first-order chi connectivity index (χ1) is 10.2. The Morgan fingerprint density at radius 1 is 1.48 bits per heavy atom. The summed E-state index contributed by atoms with van der Waals surface area (Å²) in [6.45, 7) is 4.78. The molecule has 0 unspecified atom stereocenters. The van der Waals surface area contributed by atoms with Crippen LogP contribution in [0.2, 0.25) is 0 Å². The van der Waals surface area contributed by atoms with Crippen molar-refractivity contribution < 1.29 is 9.21 Å². The number of fused-ring (bicyclic) bond motifs is 1. The smallest absolute Gasteiger partial charge is 0.269 e. The second-order valence-electron chi connectivity index (χ2n) is 5.21. The number of furan rings is 1. The summed E-state index contributed by atoms with van der Waals surface area (Å²) in [4.78, 5) is 15.1. The molecule has 5 heteroatoms. The average Bonchev–Trinajstić information content (AvgIpc) is 3.03. The maximum absolute atomic E-state index is 11.2. The van der Waals surface area contributed by atoms with Crippen LogP contribution in [-0.2, 0) is 0 Å². The molecule has 2 aromatic rings. The van der Waals surface area contributed by atoms with Crippen LogP contribution in [0.4, 0.5) is 0 Å². The maximum Gasteiger partial charge on any atom is 0.269 e. The molecule has 2 N–H and O–H groups in total. The van der Waals surface area contributed by atoms with E-state index in [1.807, 2.05) is 0 Å². The zero-order chi connectivity index (χ0) is 15.1. The molecular formula is C16H23N3O2. The Hall–Kier alpha value is -1.88. The fourth-order valence-electron chi connectivity index (χ4n) is 2.41. The van der Waals surface area contributed by atoms with Gasteiger partial charge in [0.1, 0.15) is 5.69 Å². The molecule has 0 radical (unpaired) electrons. The Balaban J connectivity index is 0.000000173. The summed E-state index contributed by atoms with van der Waals surface area (Å²) in [6.07, 6.45) is 7.29. The Bertz CT molecular complexity index is 574. The van der Waals surface area contributed by atoms with E-state index in [0.717, 1.165) is 11.3 Å². The molecule has 2 aromatic heterocycles. The lowest BCUT2D eigenvalue weighted by Crippen LogP contribution is -2.27. The van der Waals surface area contributed by atoms with Crippen molar-refractivity contribution in [3.63, 3.8) is 0 Å². The van der Waals surface area contributed by atoms with Crippen molar-refractivity contribution >= 4 is 16.9 Å². The van der Waals surface area contributed by atoms with Gasteiger partial charge in [-0.3, -0.25) is 4.79 Å². The number of carbonyl (C=O) groups is 1. The van der Waals surface area contributed by atoms with Crippen LogP contribution in [0.3, 0.4) is 0 Å². The van der Waals surface area contributed by atoms with Crippen LogP contribution in [0.1, 0.15) is 36.7 Å². The molecule has 0 saturated carbocycles. The van der Waals surface area contributed by atoms with E-state index in [2.05, 4.69) is 22.5 Å². The number of piperidine rings is 1. The van der Waals surface area contributed by atoms with Gasteiger partial charge in [-0.05, 0) is 44.0 Å². The second kappa shape index (κ2) is 7.78. The van der Waals surface area contributed by atoms with Crippen molar-refractivity contribution in [3.05, 3.63) is 30.3 Å². The summed E-state index contributed by atoms with van der Waals surface area (Å²) in [5.74, 6) is 0.833. The van der Waals surface area contributed by atoms with Crippen LogP contribution in [0.5, 0.6) is 0 Å². The molecule has 0 atom stereocenters. The lowest BCUT2D eigenvalue weighted by atomic mass is 9.96. The van der Waals surface area contributed by atoms with Gasteiger partial charge < -0.3 is 15.1 Å². The van der Waals surface area contributed by atoms with Gasteiger partial charge in [-0.2, -0.15) is 0 Å². The van der Waals surface area contributed by atoms with Crippen LogP contribution >= 0.6 is 0 Å². The normalized spacial score (nSPS) is 15.3. The van der Waals surface area contributed by atoms with Crippen LogP contribution in [0.25, 0.3) is 11.0 Å². The molecule has 0 spiro atoms. The third kappa shape index (κ3) is 4.29. The van der Waals surface area contributed by atoms with Gasteiger partial charge in [0.25, 0.3) is 5.91 Å². The number of nitrogens with zero attached hydrogens (tertiary/aromatic N) is 1. The molecule has 21 heavy (non-hydrogen) atoms. The minimum absolute atomic E-state index is 0.192. The molecule has 1 saturated heterocycles. The standard InChI is InChI=1S/C9H8N2O2.C7H15N/c1-10-9(12)7-4-6-2-3-13-8(6)5-11-7;1-2-7-3-5-8-6-4-7/h2-5H,1H3,(H,10,12);7-8H,2-6H2,1H3. The first-order valence-electron chi connectivity index (χ1n) is 7.50. The molecule has 3 rings (SSSR count). The minimum atomic E-state index is -0.192. The SMILES string of the molecule is CCC1CCNCC1.CNC(=O)c1cc2ccoc2cn1. The number of rotatable bonds is 2. The van der Waals surface area contributed by atoms with Gasteiger partial charge in [-0.1, -0.05) is 13.3 Å². The molecule has 1 fully saturated rings. The van der Waals surface area contributed by atoms with E-state index in [9.17, 15) is 4.79 Å². The van der Waals surface area contributed by atoms with E-state index in [1.54, 1.807) is 31.6 Å². The average molecular weight is 289 g/mol. The van der Waals surface area contributed by atoms with Gasteiger partial charge in [-0.15, -0.1) is 0 Å². The van der Waals surface area contributed by atoms with Gasteiger partial charge in [0.05, 0.1) is 12.5 Å². The van der Waals surface area contributed by atoms with Gasteiger partial charge >= 0.3 is 0 Å². The fourth-order valence-corrected chi connectivity index (χ4v) is 2.41. The zero-order valence-electron chi connectivity index (χ0n) is 12.7. The Kier molecular flexibility index (Phi) is 5.75. The van der Waals surface area contributed by atoms with Gasteiger partial charge in [0.2, 0.25) is 0 Å². The molecule has 0 bridgehead atoms. The summed E-state index contributed by atoms with van der Waals surface area (Å²) in [5, 5.41) is 6.74. The molecule has 114 valence electrons. The molecule has 5 nitrogen and oxygen atoms in total. The summed E-state index contributed by atoms with van der Waals surface area (Å²) < 4.78 is 5.09. The maximum atomic E-state index is 11.2. The number of hydrogen-bond acceptors (Lipinski definition) is 4. The summed E-state index contributed by atoms with van der Waals surface area (Å²) in [7, 11) is 1.57. The highest BCUT2D eigenvalue weighted by Crippen LogP contribution is 2.15. The van der Waals surface area contributed by atoms with Gasteiger partial charge in [0, 0.05) is 12.4 Å². The molecule has 0 aromatic carbocycles. The first kappa shape index (κ1) is 15.5. The number of carbonyl (C=O) groups excluding carboxylic acids is 1. The topological polar surface area (TPSA) is 67.2 Å². The number of pyridine rings is 1. The zero-order valence-corrected chi connectivity index (χ0v) is 12.7. The molecule has 3 heterocycles. The molecule has 1 aliphatic rings. The third-order valence-electron chi connectivity index (χ3n) is 3.84. The molecule has 1 aliphatic heterocycles.